The molecule has 0 saturated carbocycles. The van der Waals surface area contributed by atoms with Crippen molar-refractivity contribution in [3.8, 4) is 0 Å². The van der Waals surface area contributed by atoms with Gasteiger partial charge in [-0.3, -0.25) is 9.59 Å². The maximum Gasteiger partial charge on any atom is 0.255 e. The van der Waals surface area contributed by atoms with E-state index in [1.807, 2.05) is 13.0 Å². The zero-order valence-corrected chi connectivity index (χ0v) is 13.3. The lowest BCUT2D eigenvalue weighted by Gasteiger charge is -2.11. The zero-order chi connectivity index (χ0) is 15.6. The molecule has 0 unspecified atom stereocenters. The van der Waals surface area contributed by atoms with Gasteiger partial charge in [0, 0.05) is 21.3 Å². The van der Waals surface area contributed by atoms with Crippen LogP contribution in [0.3, 0.4) is 0 Å². The fourth-order valence-corrected chi connectivity index (χ4v) is 2.71. The Morgan fingerprint density at radius 3 is 2.48 bits per heavy atom. The molecule has 0 spiro atoms. The number of hydrogen-bond donors (Lipinski definition) is 2. The summed E-state index contributed by atoms with van der Waals surface area (Å²) >= 11 is 3.37. The van der Waals surface area contributed by atoms with Crippen molar-refractivity contribution < 1.29 is 9.59 Å². The molecule has 2 aromatic carbocycles. The summed E-state index contributed by atoms with van der Waals surface area (Å²) in [6.45, 7) is 3.67. The molecule has 0 atom stereocenters. The molecule has 108 valence electrons. The summed E-state index contributed by atoms with van der Waals surface area (Å²) in [4.78, 5) is 23.6. The number of nitrogens with two attached hydrogens (primary N) is 1. The van der Waals surface area contributed by atoms with E-state index >= 15 is 0 Å². The molecular weight excluding hydrogens is 332 g/mol. The Bertz CT molecular complexity index is 706. The number of anilines is 1. The maximum atomic E-state index is 12.3. The summed E-state index contributed by atoms with van der Waals surface area (Å²) in [5, 5.41) is 2.81. The number of hydrogen-bond acceptors (Lipinski definition) is 2. The highest BCUT2D eigenvalue weighted by atomic mass is 79.9. The molecule has 0 radical (unpaired) electrons. The van der Waals surface area contributed by atoms with E-state index in [-0.39, 0.29) is 5.91 Å². The molecule has 4 nitrogen and oxygen atoms in total. The summed E-state index contributed by atoms with van der Waals surface area (Å²) in [6, 6.07) is 10.5. The first-order valence-corrected chi connectivity index (χ1v) is 7.15. The smallest absolute Gasteiger partial charge is 0.255 e. The maximum absolute atomic E-state index is 12.3. The van der Waals surface area contributed by atoms with Crippen LogP contribution in [-0.2, 0) is 0 Å². The highest BCUT2D eigenvalue weighted by molar-refractivity contribution is 9.10. The number of carbonyl (C=O) groups is 2. The van der Waals surface area contributed by atoms with Crippen LogP contribution >= 0.6 is 15.9 Å². The van der Waals surface area contributed by atoms with Gasteiger partial charge in [-0.25, -0.2) is 0 Å². The minimum atomic E-state index is -0.512. The van der Waals surface area contributed by atoms with Crippen molar-refractivity contribution in [3.05, 3.63) is 63.1 Å². The number of carbonyl (C=O) groups excluding carboxylic acids is 2. The van der Waals surface area contributed by atoms with E-state index in [0.717, 1.165) is 10.0 Å². The molecule has 2 aromatic rings. The van der Waals surface area contributed by atoms with E-state index in [1.165, 1.54) is 0 Å². The van der Waals surface area contributed by atoms with Crippen LogP contribution in [0.15, 0.2) is 40.9 Å². The third kappa shape index (κ3) is 3.49. The number of amides is 2. The fourth-order valence-electron chi connectivity index (χ4n) is 2.10. The summed E-state index contributed by atoms with van der Waals surface area (Å²) in [6.07, 6.45) is 0. The average molecular weight is 347 g/mol. The van der Waals surface area contributed by atoms with Crippen LogP contribution in [0.4, 0.5) is 5.69 Å². The molecule has 2 amide bonds. The molecule has 21 heavy (non-hydrogen) atoms. The number of halogens is 1. The number of primary amides is 1. The Balaban J connectivity index is 2.32. The van der Waals surface area contributed by atoms with Gasteiger partial charge in [0.2, 0.25) is 5.91 Å². The van der Waals surface area contributed by atoms with Gasteiger partial charge >= 0.3 is 0 Å². The Hall–Kier alpha value is -2.14. The summed E-state index contributed by atoms with van der Waals surface area (Å²) in [7, 11) is 0. The number of nitrogens with one attached hydrogen (secondary N) is 1. The quantitative estimate of drug-likeness (QED) is 0.893. The lowest BCUT2D eigenvalue weighted by molar-refractivity contribution is 0.0995. The predicted molar refractivity (Wildman–Crippen MR) is 86.5 cm³/mol. The standard InChI is InChI=1S/C16H15BrN2O2/c1-9-6-11(8-12(17)7-9)16(21)19-14-5-3-4-13(10(14)2)15(18)20/h3-8H,1-2H3,(H2,18,20)(H,19,21). The molecule has 3 N–H and O–H groups in total. The Morgan fingerprint density at radius 2 is 1.86 bits per heavy atom. The van der Waals surface area contributed by atoms with Gasteiger partial charge in [0.25, 0.3) is 5.91 Å². The Kier molecular flexibility index (Phi) is 4.43. The van der Waals surface area contributed by atoms with Crippen molar-refractivity contribution in [1.82, 2.24) is 0 Å². The Labute approximate surface area is 131 Å². The van der Waals surface area contributed by atoms with Crippen LogP contribution < -0.4 is 11.1 Å². The highest BCUT2D eigenvalue weighted by Gasteiger charge is 2.12. The van der Waals surface area contributed by atoms with Crippen molar-refractivity contribution in [2.45, 2.75) is 13.8 Å². The molecule has 0 aliphatic heterocycles. The normalized spacial score (nSPS) is 10.2. The highest BCUT2D eigenvalue weighted by Crippen LogP contribution is 2.21. The number of rotatable bonds is 3. The van der Waals surface area contributed by atoms with Gasteiger partial charge in [-0.1, -0.05) is 22.0 Å². The average Bonchev–Trinajstić information content (AvgIpc) is 2.39. The number of aryl methyl sites for hydroxylation is 1. The molecule has 0 bridgehead atoms. The molecule has 5 heteroatoms. The van der Waals surface area contributed by atoms with Gasteiger partial charge in [0.1, 0.15) is 0 Å². The predicted octanol–water partition coefficient (Wildman–Crippen LogP) is 3.42. The van der Waals surface area contributed by atoms with Crippen LogP contribution in [0, 0.1) is 13.8 Å². The molecule has 0 saturated heterocycles. The molecular formula is C16H15BrN2O2. The van der Waals surface area contributed by atoms with Crippen molar-refractivity contribution >= 4 is 33.4 Å². The Morgan fingerprint density at radius 1 is 1.14 bits per heavy atom. The first-order chi connectivity index (χ1) is 9.88. The van der Waals surface area contributed by atoms with E-state index in [2.05, 4.69) is 21.2 Å². The lowest BCUT2D eigenvalue weighted by atomic mass is 10.1. The number of benzene rings is 2. The minimum Gasteiger partial charge on any atom is -0.366 e. The summed E-state index contributed by atoms with van der Waals surface area (Å²) < 4.78 is 0.843. The van der Waals surface area contributed by atoms with Crippen molar-refractivity contribution in [3.63, 3.8) is 0 Å². The second-order valence-corrected chi connectivity index (χ2v) is 5.73. The topological polar surface area (TPSA) is 72.2 Å². The summed E-state index contributed by atoms with van der Waals surface area (Å²) in [5.41, 5.74) is 8.47. The van der Waals surface area contributed by atoms with E-state index < -0.39 is 5.91 Å². The fraction of sp³-hybridized carbons (Fsp3) is 0.125. The third-order valence-corrected chi connectivity index (χ3v) is 3.61. The molecule has 0 fully saturated rings. The largest absolute Gasteiger partial charge is 0.366 e. The first kappa shape index (κ1) is 15.3. The third-order valence-electron chi connectivity index (χ3n) is 3.15. The van der Waals surface area contributed by atoms with Crippen LogP contribution in [0.5, 0.6) is 0 Å². The molecule has 0 aliphatic carbocycles. The monoisotopic (exact) mass is 346 g/mol. The van der Waals surface area contributed by atoms with Crippen molar-refractivity contribution in [2.24, 2.45) is 5.73 Å². The van der Waals surface area contributed by atoms with Crippen LogP contribution in [0.2, 0.25) is 0 Å². The summed E-state index contributed by atoms with van der Waals surface area (Å²) in [5.74, 6) is -0.744. The second kappa shape index (κ2) is 6.10. The molecule has 0 aliphatic rings. The second-order valence-electron chi connectivity index (χ2n) is 4.81. The van der Waals surface area contributed by atoms with E-state index in [9.17, 15) is 9.59 Å². The molecule has 0 aromatic heterocycles. The van der Waals surface area contributed by atoms with Gasteiger partial charge < -0.3 is 11.1 Å². The van der Waals surface area contributed by atoms with E-state index in [1.54, 1.807) is 37.3 Å². The van der Waals surface area contributed by atoms with E-state index in [4.69, 9.17) is 5.73 Å². The van der Waals surface area contributed by atoms with Gasteiger partial charge in [0.15, 0.2) is 0 Å². The van der Waals surface area contributed by atoms with Gasteiger partial charge in [0.05, 0.1) is 0 Å². The van der Waals surface area contributed by atoms with Crippen molar-refractivity contribution in [2.75, 3.05) is 5.32 Å². The zero-order valence-electron chi connectivity index (χ0n) is 11.7. The van der Waals surface area contributed by atoms with Crippen LogP contribution in [0.25, 0.3) is 0 Å². The minimum absolute atomic E-state index is 0.232. The van der Waals surface area contributed by atoms with Gasteiger partial charge in [-0.05, 0) is 55.3 Å². The lowest BCUT2D eigenvalue weighted by Crippen LogP contribution is -2.16. The SMILES string of the molecule is Cc1cc(Br)cc(C(=O)Nc2cccc(C(N)=O)c2C)c1. The van der Waals surface area contributed by atoms with Crippen molar-refractivity contribution in [1.29, 1.82) is 0 Å². The molecule has 2 rings (SSSR count). The van der Waals surface area contributed by atoms with Crippen LogP contribution in [-0.4, -0.2) is 11.8 Å². The van der Waals surface area contributed by atoms with Gasteiger partial charge in [-0.15, -0.1) is 0 Å². The molecule has 0 heterocycles. The van der Waals surface area contributed by atoms with Gasteiger partial charge in [-0.2, -0.15) is 0 Å². The van der Waals surface area contributed by atoms with E-state index in [0.29, 0.717) is 22.4 Å². The first-order valence-electron chi connectivity index (χ1n) is 6.36. The van der Waals surface area contributed by atoms with Crippen LogP contribution in [0.1, 0.15) is 31.8 Å².